The number of benzene rings is 2. The van der Waals surface area contributed by atoms with Crippen molar-refractivity contribution in [2.24, 2.45) is 0 Å². The van der Waals surface area contributed by atoms with Gasteiger partial charge in [-0.05, 0) is 72.7 Å². The van der Waals surface area contributed by atoms with Gasteiger partial charge in [-0.2, -0.15) is 5.10 Å². The lowest BCUT2D eigenvalue weighted by Crippen LogP contribution is -2.30. The molecule has 0 saturated heterocycles. The van der Waals surface area contributed by atoms with Gasteiger partial charge in [-0.25, -0.2) is 23.3 Å². The summed E-state index contributed by atoms with van der Waals surface area (Å²) in [6.45, 7) is 15.1. The number of likely N-dealkylation sites (N-methyl/N-ethyl adjacent to an activating group) is 1. The molecule has 1 amide bonds. The summed E-state index contributed by atoms with van der Waals surface area (Å²) >= 11 is 0. The van der Waals surface area contributed by atoms with E-state index in [4.69, 9.17) is 23.0 Å². The Hall–Kier alpha value is -4.21. The number of halogens is 2. The minimum atomic E-state index is -3.79. The molecule has 2 aromatic carbocycles. The van der Waals surface area contributed by atoms with Crippen LogP contribution in [0.15, 0.2) is 49.1 Å². The largest absolute Gasteiger partial charge is 0.493 e. The number of carbonyl (C=O) groups excluding carboxylic acids is 1. The normalized spacial score (nSPS) is 12.4. The molecule has 0 aliphatic carbocycles. The number of phosphoric ester groups is 1. The highest BCUT2D eigenvalue weighted by molar-refractivity contribution is 7.48. The molecule has 0 radical (unpaired) electrons. The van der Waals surface area contributed by atoms with E-state index in [-0.39, 0.29) is 18.8 Å². The quantitative estimate of drug-likeness (QED) is 0.0774. The van der Waals surface area contributed by atoms with Gasteiger partial charge in [0.05, 0.1) is 54.6 Å². The summed E-state index contributed by atoms with van der Waals surface area (Å²) in [7, 11) is -2.25. The first-order valence-corrected chi connectivity index (χ1v) is 18.3. The number of aromatic nitrogens is 4. The Kier molecular flexibility index (Phi) is 13.7. The van der Waals surface area contributed by atoms with E-state index in [1.807, 2.05) is 6.92 Å². The minimum absolute atomic E-state index is 0.167. The Morgan fingerprint density at radius 1 is 1.00 bits per heavy atom. The molecule has 2 heterocycles. The topological polar surface area (TPSA) is 151 Å². The second-order valence-corrected chi connectivity index (χ2v) is 15.3. The average molecular weight is 748 g/mol. The smallest absolute Gasteiger partial charge is 0.475 e. The highest BCUT2D eigenvalue weighted by Crippen LogP contribution is 2.55. The second kappa shape index (κ2) is 17.5. The molecule has 14 nitrogen and oxygen atoms in total. The molecule has 0 bridgehead atoms. The highest BCUT2D eigenvalue weighted by atomic mass is 31.2. The van der Waals surface area contributed by atoms with Crippen molar-refractivity contribution < 1.29 is 41.2 Å². The van der Waals surface area contributed by atoms with E-state index >= 15 is 0 Å². The van der Waals surface area contributed by atoms with Gasteiger partial charge in [0, 0.05) is 30.7 Å². The van der Waals surface area contributed by atoms with Crippen LogP contribution in [0.4, 0.5) is 26.0 Å². The molecule has 0 fully saturated rings. The number of rotatable bonds is 18. The van der Waals surface area contributed by atoms with E-state index < -0.39 is 36.6 Å². The lowest BCUT2D eigenvalue weighted by molar-refractivity contribution is -0.116. The van der Waals surface area contributed by atoms with E-state index in [0.717, 1.165) is 12.6 Å². The zero-order valence-corrected chi connectivity index (χ0v) is 31.8. The lowest BCUT2D eigenvalue weighted by atomic mass is 10.2. The van der Waals surface area contributed by atoms with E-state index in [9.17, 15) is 18.1 Å². The van der Waals surface area contributed by atoms with Gasteiger partial charge in [0.1, 0.15) is 18.7 Å². The standard InChI is InChI=1S/C35H48F2N7O7P/c1-9-43(15-17-49-52(46,50-34(2,3)4)51-35(5,6)7)14-11-16-48-30-19-28-25(18-29(30)47-8)33(39-23-38-28)41-24-20-40-44(21-24)22-31(45)42-27-13-10-12-26(36)32(27)37/h10,12-13,18-21,23H,9,11,14-17,22H2,1-8H3,(H,42,45)(H,38,39,41). The zero-order chi connectivity index (χ0) is 38.1. The molecule has 0 aliphatic heterocycles. The van der Waals surface area contributed by atoms with E-state index in [2.05, 4.69) is 30.6 Å². The molecular weight excluding hydrogens is 699 g/mol. The summed E-state index contributed by atoms with van der Waals surface area (Å²) in [6.07, 6.45) is 5.18. The summed E-state index contributed by atoms with van der Waals surface area (Å²) < 4.78 is 71.0. The highest BCUT2D eigenvalue weighted by Gasteiger charge is 2.37. The monoisotopic (exact) mass is 747 g/mol. The predicted octanol–water partition coefficient (Wildman–Crippen LogP) is 7.34. The third-order valence-corrected chi connectivity index (χ3v) is 9.14. The van der Waals surface area contributed by atoms with Gasteiger partial charge in [-0.3, -0.25) is 23.0 Å². The summed E-state index contributed by atoms with van der Waals surface area (Å²) in [5, 5.41) is 10.4. The van der Waals surface area contributed by atoms with Crippen molar-refractivity contribution in [2.75, 3.05) is 50.6 Å². The number of amides is 1. The molecule has 17 heteroatoms. The van der Waals surface area contributed by atoms with Gasteiger partial charge in [0.25, 0.3) is 0 Å². The van der Waals surface area contributed by atoms with Crippen LogP contribution in [0, 0.1) is 11.6 Å². The number of nitrogens with one attached hydrogen (secondary N) is 2. The maximum atomic E-state index is 13.9. The van der Waals surface area contributed by atoms with Gasteiger partial charge < -0.3 is 25.0 Å². The van der Waals surface area contributed by atoms with Gasteiger partial charge in [0.2, 0.25) is 5.91 Å². The average Bonchev–Trinajstić information content (AvgIpc) is 3.48. The summed E-state index contributed by atoms with van der Waals surface area (Å²) in [5.74, 6) is -1.32. The van der Waals surface area contributed by atoms with E-state index in [0.29, 0.717) is 60.0 Å². The van der Waals surface area contributed by atoms with Crippen molar-refractivity contribution in [2.45, 2.75) is 72.6 Å². The molecule has 0 unspecified atom stereocenters. The number of anilines is 3. The predicted molar refractivity (Wildman–Crippen MR) is 194 cm³/mol. The molecule has 0 spiro atoms. The van der Waals surface area contributed by atoms with Gasteiger partial charge in [-0.1, -0.05) is 13.0 Å². The Balaban J connectivity index is 1.32. The first kappa shape index (κ1) is 40.6. The molecule has 0 aliphatic rings. The van der Waals surface area contributed by atoms with Crippen molar-refractivity contribution in [3.8, 4) is 11.5 Å². The van der Waals surface area contributed by atoms with Crippen LogP contribution in [0.2, 0.25) is 0 Å². The molecule has 284 valence electrons. The third-order valence-electron chi connectivity index (χ3n) is 7.10. The Morgan fingerprint density at radius 3 is 2.40 bits per heavy atom. The molecule has 52 heavy (non-hydrogen) atoms. The molecule has 0 atom stereocenters. The van der Waals surface area contributed by atoms with Crippen LogP contribution in [0.25, 0.3) is 10.9 Å². The maximum Gasteiger partial charge on any atom is 0.475 e. The van der Waals surface area contributed by atoms with Crippen LogP contribution in [-0.2, 0) is 29.5 Å². The van der Waals surface area contributed by atoms with Crippen LogP contribution in [0.3, 0.4) is 0 Å². The van der Waals surface area contributed by atoms with Gasteiger partial charge >= 0.3 is 7.82 Å². The summed E-state index contributed by atoms with van der Waals surface area (Å²) in [5.41, 5.74) is -0.544. The van der Waals surface area contributed by atoms with Gasteiger partial charge in [0.15, 0.2) is 23.1 Å². The summed E-state index contributed by atoms with van der Waals surface area (Å²) in [4.78, 5) is 23.4. The van der Waals surface area contributed by atoms with Crippen LogP contribution in [-0.4, -0.2) is 81.7 Å². The van der Waals surface area contributed by atoms with Crippen molar-refractivity contribution in [3.63, 3.8) is 0 Å². The van der Waals surface area contributed by atoms with Crippen LogP contribution in [0.1, 0.15) is 54.9 Å². The maximum absolute atomic E-state index is 13.9. The summed E-state index contributed by atoms with van der Waals surface area (Å²) in [6, 6.07) is 7.08. The number of fused-ring (bicyclic) bond motifs is 1. The van der Waals surface area contributed by atoms with Gasteiger partial charge in [-0.15, -0.1) is 0 Å². The molecule has 2 N–H and O–H groups in total. The second-order valence-electron chi connectivity index (χ2n) is 13.8. The van der Waals surface area contributed by atoms with Crippen molar-refractivity contribution in [1.82, 2.24) is 24.6 Å². The number of ether oxygens (including phenoxy) is 2. The number of methoxy groups -OCH3 is 1. The number of hydrogen-bond acceptors (Lipinski definition) is 12. The minimum Gasteiger partial charge on any atom is -0.493 e. The zero-order valence-electron chi connectivity index (χ0n) is 30.9. The third kappa shape index (κ3) is 12.2. The van der Waals surface area contributed by atoms with Crippen LogP contribution in [0.5, 0.6) is 11.5 Å². The molecule has 4 rings (SSSR count). The van der Waals surface area contributed by atoms with E-state index in [1.165, 1.54) is 29.3 Å². The van der Waals surface area contributed by atoms with Crippen LogP contribution < -0.4 is 20.1 Å². The number of nitrogens with zero attached hydrogens (tertiary/aromatic N) is 5. The fourth-order valence-electron chi connectivity index (χ4n) is 4.95. The van der Waals surface area contributed by atoms with Crippen molar-refractivity contribution in [1.29, 1.82) is 0 Å². The molecule has 4 aromatic rings. The Labute approximate surface area is 302 Å². The molecular formula is C35H48F2N7O7P. The SMILES string of the molecule is CCN(CCCOc1cc2ncnc(Nc3cnn(CC(=O)Nc4cccc(F)c4F)c3)c2cc1OC)CCOP(=O)(OC(C)(C)C)OC(C)(C)C. The molecule has 0 saturated carbocycles. The Bertz CT molecular complexity index is 1840. The molecule has 2 aromatic heterocycles. The first-order chi connectivity index (χ1) is 24.5. The number of phosphoric acid groups is 1. The Morgan fingerprint density at radius 2 is 1.73 bits per heavy atom. The number of carbonyl (C=O) groups is 1. The fraction of sp³-hybridized carbons (Fsp3) is 0.486. The van der Waals surface area contributed by atoms with Crippen molar-refractivity contribution in [3.05, 3.63) is 60.7 Å². The van der Waals surface area contributed by atoms with Crippen LogP contribution >= 0.6 is 7.82 Å². The van der Waals surface area contributed by atoms with E-state index in [1.54, 1.807) is 67.0 Å². The first-order valence-electron chi connectivity index (χ1n) is 16.8. The number of hydrogen-bond donors (Lipinski definition) is 2. The lowest BCUT2D eigenvalue weighted by Gasteiger charge is -2.31. The fourth-order valence-corrected chi connectivity index (χ4v) is 6.74. The van der Waals surface area contributed by atoms with Crippen molar-refractivity contribution >= 4 is 41.8 Å².